The summed E-state index contributed by atoms with van der Waals surface area (Å²) in [5.41, 5.74) is 1.49. The molecule has 2 nitrogen and oxygen atoms in total. The van der Waals surface area contributed by atoms with Gasteiger partial charge in [0.1, 0.15) is 6.10 Å². The third-order valence-electron chi connectivity index (χ3n) is 2.34. The zero-order chi connectivity index (χ0) is 9.10. The molecule has 2 rings (SSSR count). The van der Waals surface area contributed by atoms with Crippen LogP contribution in [0.3, 0.4) is 0 Å². The van der Waals surface area contributed by atoms with E-state index in [9.17, 15) is 0 Å². The lowest BCUT2D eigenvalue weighted by Crippen LogP contribution is -2.26. The minimum Gasteiger partial charge on any atom is -0.371 e. The summed E-state index contributed by atoms with van der Waals surface area (Å²) in [4.78, 5) is 1.42. The lowest BCUT2D eigenvalue weighted by Gasteiger charge is -2.23. The summed E-state index contributed by atoms with van der Waals surface area (Å²) in [6.45, 7) is 4.96. The van der Waals surface area contributed by atoms with Crippen molar-refractivity contribution in [1.29, 1.82) is 0 Å². The molecule has 1 aliphatic rings. The van der Waals surface area contributed by atoms with Crippen LogP contribution in [-0.2, 0) is 11.2 Å². The molecule has 1 aromatic rings. The van der Waals surface area contributed by atoms with Gasteiger partial charge in [0, 0.05) is 11.4 Å². The fraction of sp³-hybridized carbons (Fsp3) is 0.600. The van der Waals surface area contributed by atoms with Gasteiger partial charge in [-0.05, 0) is 30.0 Å². The molecule has 1 aromatic heterocycles. The highest BCUT2D eigenvalue weighted by Gasteiger charge is 2.21. The Balaban J connectivity index is 2.07. The maximum atomic E-state index is 5.71. The highest BCUT2D eigenvalue weighted by atomic mass is 32.1. The second-order valence-electron chi connectivity index (χ2n) is 3.23. The molecule has 0 amide bonds. The van der Waals surface area contributed by atoms with Crippen LogP contribution in [0.2, 0.25) is 0 Å². The van der Waals surface area contributed by atoms with E-state index >= 15 is 0 Å². The molecule has 0 bridgehead atoms. The molecule has 0 saturated heterocycles. The van der Waals surface area contributed by atoms with Crippen LogP contribution in [-0.4, -0.2) is 19.7 Å². The van der Waals surface area contributed by atoms with E-state index in [0.717, 1.165) is 26.1 Å². The molecule has 2 heterocycles. The van der Waals surface area contributed by atoms with Crippen LogP contribution in [0, 0.1) is 0 Å². The average molecular weight is 197 g/mol. The third kappa shape index (κ3) is 1.93. The van der Waals surface area contributed by atoms with Crippen LogP contribution in [0.15, 0.2) is 11.4 Å². The van der Waals surface area contributed by atoms with Gasteiger partial charge in [0.15, 0.2) is 0 Å². The Morgan fingerprint density at radius 3 is 3.46 bits per heavy atom. The van der Waals surface area contributed by atoms with Gasteiger partial charge in [0.05, 0.1) is 6.61 Å². The maximum absolute atomic E-state index is 5.71. The van der Waals surface area contributed by atoms with Crippen LogP contribution < -0.4 is 5.32 Å². The number of hydrogen-bond donors (Lipinski definition) is 1. The van der Waals surface area contributed by atoms with E-state index in [1.54, 1.807) is 0 Å². The maximum Gasteiger partial charge on any atom is 0.104 e. The lowest BCUT2D eigenvalue weighted by molar-refractivity contribution is 0.0459. The highest BCUT2D eigenvalue weighted by molar-refractivity contribution is 7.10. The lowest BCUT2D eigenvalue weighted by atomic mass is 10.1. The summed E-state index contributed by atoms with van der Waals surface area (Å²) < 4.78 is 5.71. The molecule has 0 fully saturated rings. The minimum absolute atomic E-state index is 0.295. The Morgan fingerprint density at radius 2 is 2.62 bits per heavy atom. The van der Waals surface area contributed by atoms with Crippen molar-refractivity contribution in [2.75, 3.05) is 19.7 Å². The van der Waals surface area contributed by atoms with Crippen molar-refractivity contribution in [3.05, 3.63) is 21.9 Å². The number of nitrogens with one attached hydrogen (secondary N) is 1. The Kier molecular flexibility index (Phi) is 2.98. The van der Waals surface area contributed by atoms with Crippen LogP contribution in [0.25, 0.3) is 0 Å². The second-order valence-corrected chi connectivity index (χ2v) is 4.17. The number of likely N-dealkylation sites (N-methyl/N-ethyl adjacent to an activating group) is 1. The largest absolute Gasteiger partial charge is 0.371 e. The molecule has 3 heteroatoms. The molecule has 72 valence electrons. The first kappa shape index (κ1) is 9.19. The Hall–Kier alpha value is -0.380. The Labute approximate surface area is 82.9 Å². The van der Waals surface area contributed by atoms with Crippen molar-refractivity contribution >= 4 is 11.3 Å². The van der Waals surface area contributed by atoms with E-state index in [2.05, 4.69) is 23.7 Å². The zero-order valence-electron chi connectivity index (χ0n) is 7.88. The van der Waals surface area contributed by atoms with Gasteiger partial charge < -0.3 is 10.1 Å². The quantitative estimate of drug-likeness (QED) is 0.800. The molecule has 1 atom stereocenters. The predicted octanol–water partition coefficient (Wildman–Crippen LogP) is 1.97. The summed E-state index contributed by atoms with van der Waals surface area (Å²) >= 11 is 1.82. The van der Waals surface area contributed by atoms with Gasteiger partial charge in [0.2, 0.25) is 0 Å². The summed E-state index contributed by atoms with van der Waals surface area (Å²) in [6.07, 6.45) is 1.38. The first-order chi connectivity index (χ1) is 6.42. The van der Waals surface area contributed by atoms with E-state index in [4.69, 9.17) is 4.74 Å². The van der Waals surface area contributed by atoms with Gasteiger partial charge in [-0.1, -0.05) is 6.92 Å². The standard InChI is InChI=1S/C10H15NOS/c1-2-11-7-9-10-8(3-5-12-9)4-6-13-10/h4,6,9,11H,2-3,5,7H2,1H3/t9-/m1/s1. The number of fused-ring (bicyclic) bond motifs is 1. The molecule has 0 saturated carbocycles. The number of hydrogen-bond acceptors (Lipinski definition) is 3. The fourth-order valence-electron chi connectivity index (χ4n) is 1.65. The van der Waals surface area contributed by atoms with Crippen LogP contribution in [0.5, 0.6) is 0 Å². The Bertz CT molecular complexity index is 272. The van der Waals surface area contributed by atoms with Gasteiger partial charge in [0.25, 0.3) is 0 Å². The van der Waals surface area contributed by atoms with Crippen molar-refractivity contribution in [2.24, 2.45) is 0 Å². The fourth-order valence-corrected chi connectivity index (χ4v) is 2.65. The van der Waals surface area contributed by atoms with E-state index in [-0.39, 0.29) is 0 Å². The molecular formula is C10H15NOS. The summed E-state index contributed by atoms with van der Waals surface area (Å²) in [6, 6.07) is 2.22. The number of thiophene rings is 1. The van der Waals surface area contributed by atoms with E-state index in [1.165, 1.54) is 10.4 Å². The van der Waals surface area contributed by atoms with E-state index < -0.39 is 0 Å². The summed E-state index contributed by atoms with van der Waals surface area (Å²) in [7, 11) is 0. The molecule has 0 spiro atoms. The number of ether oxygens (including phenoxy) is 1. The molecule has 0 unspecified atom stereocenters. The van der Waals surface area contributed by atoms with Crippen molar-refractivity contribution in [2.45, 2.75) is 19.4 Å². The van der Waals surface area contributed by atoms with Gasteiger partial charge in [-0.25, -0.2) is 0 Å². The van der Waals surface area contributed by atoms with E-state index in [1.807, 2.05) is 11.3 Å². The predicted molar refractivity (Wildman–Crippen MR) is 55.3 cm³/mol. The zero-order valence-corrected chi connectivity index (χ0v) is 8.69. The van der Waals surface area contributed by atoms with E-state index in [0.29, 0.717) is 6.10 Å². The first-order valence-corrected chi connectivity index (χ1v) is 5.68. The molecule has 0 aliphatic carbocycles. The summed E-state index contributed by atoms with van der Waals surface area (Å²) in [5, 5.41) is 5.50. The van der Waals surface area contributed by atoms with Crippen molar-refractivity contribution in [3.63, 3.8) is 0 Å². The van der Waals surface area contributed by atoms with Crippen LogP contribution >= 0.6 is 11.3 Å². The first-order valence-electron chi connectivity index (χ1n) is 4.80. The molecule has 13 heavy (non-hydrogen) atoms. The third-order valence-corrected chi connectivity index (χ3v) is 3.39. The summed E-state index contributed by atoms with van der Waals surface area (Å²) in [5.74, 6) is 0. The molecule has 0 aromatic carbocycles. The molecular weight excluding hydrogens is 182 g/mol. The molecule has 1 aliphatic heterocycles. The SMILES string of the molecule is CCNC[C@H]1OCCc2ccsc21. The van der Waals surface area contributed by atoms with Crippen LogP contribution in [0.4, 0.5) is 0 Å². The van der Waals surface area contributed by atoms with Gasteiger partial charge >= 0.3 is 0 Å². The topological polar surface area (TPSA) is 21.3 Å². The molecule has 1 N–H and O–H groups in total. The van der Waals surface area contributed by atoms with Gasteiger partial charge in [-0.3, -0.25) is 0 Å². The normalized spacial score (nSPS) is 21.5. The minimum atomic E-state index is 0.295. The van der Waals surface area contributed by atoms with Crippen molar-refractivity contribution < 1.29 is 4.74 Å². The highest BCUT2D eigenvalue weighted by Crippen LogP contribution is 2.30. The molecule has 0 radical (unpaired) electrons. The number of rotatable bonds is 3. The Morgan fingerprint density at radius 1 is 1.69 bits per heavy atom. The van der Waals surface area contributed by atoms with Gasteiger partial charge in [-0.2, -0.15) is 0 Å². The monoisotopic (exact) mass is 197 g/mol. The average Bonchev–Trinajstić information content (AvgIpc) is 2.62. The van der Waals surface area contributed by atoms with Gasteiger partial charge in [-0.15, -0.1) is 11.3 Å². The second kappa shape index (κ2) is 4.22. The smallest absolute Gasteiger partial charge is 0.104 e. The van der Waals surface area contributed by atoms with Crippen LogP contribution in [0.1, 0.15) is 23.5 Å². The van der Waals surface area contributed by atoms with Crippen molar-refractivity contribution in [3.8, 4) is 0 Å². The van der Waals surface area contributed by atoms with Crippen molar-refractivity contribution in [1.82, 2.24) is 5.32 Å².